The highest BCUT2D eigenvalue weighted by atomic mass is 35.5. The molecule has 0 aromatic heterocycles. The smallest absolute Gasteiger partial charge is 0.119 e. The summed E-state index contributed by atoms with van der Waals surface area (Å²) in [5.74, 6) is 0.830. The molecule has 0 aliphatic carbocycles. The SMILES string of the molecule is Clc1cccc(COc2ccc(CNc3ccccc3Cl)cc2)c1. The molecule has 0 saturated heterocycles. The van der Waals surface area contributed by atoms with Gasteiger partial charge in [-0.05, 0) is 47.5 Å². The van der Waals surface area contributed by atoms with Crippen LogP contribution in [0.2, 0.25) is 10.0 Å². The van der Waals surface area contributed by atoms with Crippen molar-refractivity contribution in [1.29, 1.82) is 0 Å². The Morgan fingerprint density at radius 2 is 1.58 bits per heavy atom. The third kappa shape index (κ3) is 4.67. The van der Waals surface area contributed by atoms with Crippen LogP contribution in [0.25, 0.3) is 0 Å². The molecular formula is C20H17Cl2NO. The second kappa shape index (κ2) is 8.09. The van der Waals surface area contributed by atoms with Gasteiger partial charge in [-0.15, -0.1) is 0 Å². The fraction of sp³-hybridized carbons (Fsp3) is 0.100. The van der Waals surface area contributed by atoms with E-state index in [2.05, 4.69) is 5.32 Å². The Kier molecular flexibility index (Phi) is 5.63. The van der Waals surface area contributed by atoms with E-state index in [0.29, 0.717) is 13.2 Å². The van der Waals surface area contributed by atoms with Gasteiger partial charge in [0.1, 0.15) is 12.4 Å². The summed E-state index contributed by atoms with van der Waals surface area (Å²) in [5, 5.41) is 4.77. The molecule has 0 saturated carbocycles. The maximum atomic E-state index is 6.13. The molecule has 0 bridgehead atoms. The molecule has 4 heteroatoms. The molecule has 0 fully saturated rings. The van der Waals surface area contributed by atoms with E-state index in [1.807, 2.05) is 72.8 Å². The van der Waals surface area contributed by atoms with Gasteiger partial charge in [0.15, 0.2) is 0 Å². The third-order valence-electron chi connectivity index (χ3n) is 3.57. The second-order valence-electron chi connectivity index (χ2n) is 5.40. The summed E-state index contributed by atoms with van der Waals surface area (Å²) >= 11 is 12.1. The van der Waals surface area contributed by atoms with Crippen molar-refractivity contribution in [1.82, 2.24) is 0 Å². The first kappa shape index (κ1) is 16.7. The largest absolute Gasteiger partial charge is 0.489 e. The quantitative estimate of drug-likeness (QED) is 0.568. The van der Waals surface area contributed by atoms with Gasteiger partial charge in [-0.1, -0.05) is 59.6 Å². The van der Waals surface area contributed by atoms with Crippen LogP contribution in [0, 0.1) is 0 Å². The van der Waals surface area contributed by atoms with Crippen LogP contribution in [0.3, 0.4) is 0 Å². The lowest BCUT2D eigenvalue weighted by molar-refractivity contribution is 0.306. The van der Waals surface area contributed by atoms with Crippen LogP contribution in [-0.2, 0) is 13.2 Å². The third-order valence-corrected chi connectivity index (χ3v) is 4.14. The predicted molar refractivity (Wildman–Crippen MR) is 101 cm³/mol. The van der Waals surface area contributed by atoms with E-state index in [0.717, 1.165) is 32.6 Å². The predicted octanol–water partition coefficient (Wildman–Crippen LogP) is 6.18. The van der Waals surface area contributed by atoms with Crippen LogP contribution in [-0.4, -0.2) is 0 Å². The van der Waals surface area contributed by atoms with Crippen molar-refractivity contribution >= 4 is 28.9 Å². The molecule has 0 atom stereocenters. The monoisotopic (exact) mass is 357 g/mol. The summed E-state index contributed by atoms with van der Waals surface area (Å²) in [6.07, 6.45) is 0. The molecule has 24 heavy (non-hydrogen) atoms. The normalized spacial score (nSPS) is 10.4. The minimum Gasteiger partial charge on any atom is -0.489 e. The summed E-state index contributed by atoms with van der Waals surface area (Å²) in [5.41, 5.74) is 3.14. The molecule has 122 valence electrons. The van der Waals surface area contributed by atoms with E-state index < -0.39 is 0 Å². The van der Waals surface area contributed by atoms with Crippen molar-refractivity contribution in [3.05, 3.63) is 94.0 Å². The van der Waals surface area contributed by atoms with Crippen molar-refractivity contribution < 1.29 is 4.74 Å². The lowest BCUT2D eigenvalue weighted by Gasteiger charge is -2.10. The maximum Gasteiger partial charge on any atom is 0.119 e. The Bertz CT molecular complexity index is 803. The van der Waals surface area contributed by atoms with E-state index in [1.54, 1.807) is 0 Å². The van der Waals surface area contributed by atoms with E-state index in [-0.39, 0.29) is 0 Å². The van der Waals surface area contributed by atoms with E-state index in [4.69, 9.17) is 27.9 Å². The van der Waals surface area contributed by atoms with E-state index in [1.165, 1.54) is 0 Å². The lowest BCUT2D eigenvalue weighted by atomic mass is 10.2. The van der Waals surface area contributed by atoms with E-state index >= 15 is 0 Å². The average Bonchev–Trinajstić information content (AvgIpc) is 2.60. The lowest BCUT2D eigenvalue weighted by Crippen LogP contribution is -2.00. The van der Waals surface area contributed by atoms with Crippen LogP contribution >= 0.6 is 23.2 Å². The van der Waals surface area contributed by atoms with Gasteiger partial charge < -0.3 is 10.1 Å². The molecule has 0 aliphatic rings. The van der Waals surface area contributed by atoms with Gasteiger partial charge >= 0.3 is 0 Å². The standard InChI is InChI=1S/C20H17Cl2NO/c21-17-5-3-4-16(12-17)14-24-18-10-8-15(9-11-18)13-23-20-7-2-1-6-19(20)22/h1-12,23H,13-14H2. The molecule has 0 spiro atoms. The van der Waals surface area contributed by atoms with Gasteiger partial charge in [0, 0.05) is 11.6 Å². The first-order valence-corrected chi connectivity index (χ1v) is 8.41. The first-order valence-electron chi connectivity index (χ1n) is 7.65. The van der Waals surface area contributed by atoms with Gasteiger partial charge in [-0.25, -0.2) is 0 Å². The van der Waals surface area contributed by atoms with Gasteiger partial charge in [0.25, 0.3) is 0 Å². The van der Waals surface area contributed by atoms with Gasteiger partial charge in [0.05, 0.1) is 10.7 Å². The number of nitrogens with one attached hydrogen (secondary N) is 1. The number of halogens is 2. The maximum absolute atomic E-state index is 6.13. The summed E-state index contributed by atoms with van der Waals surface area (Å²) in [7, 11) is 0. The minimum absolute atomic E-state index is 0.498. The van der Waals surface area contributed by atoms with Crippen molar-refractivity contribution in [2.45, 2.75) is 13.2 Å². The molecule has 3 aromatic carbocycles. The Morgan fingerprint density at radius 1 is 0.792 bits per heavy atom. The molecule has 1 N–H and O–H groups in total. The first-order chi connectivity index (χ1) is 11.7. The number of rotatable bonds is 6. The molecule has 0 heterocycles. The molecule has 0 amide bonds. The number of hydrogen-bond donors (Lipinski definition) is 1. The summed E-state index contributed by atoms with van der Waals surface area (Å²) in [6.45, 7) is 1.20. The number of benzene rings is 3. The summed E-state index contributed by atoms with van der Waals surface area (Å²) < 4.78 is 5.78. The highest BCUT2D eigenvalue weighted by Gasteiger charge is 2.00. The Labute approximate surface area is 152 Å². The van der Waals surface area contributed by atoms with Gasteiger partial charge in [0.2, 0.25) is 0 Å². The Balaban J connectivity index is 1.54. The zero-order valence-electron chi connectivity index (χ0n) is 13.0. The molecule has 0 radical (unpaired) electrons. The fourth-order valence-corrected chi connectivity index (χ4v) is 2.71. The number of ether oxygens (including phenoxy) is 1. The van der Waals surface area contributed by atoms with Crippen LogP contribution in [0.4, 0.5) is 5.69 Å². The van der Waals surface area contributed by atoms with Crippen LogP contribution in [0.1, 0.15) is 11.1 Å². The molecule has 3 rings (SSSR count). The summed E-state index contributed by atoms with van der Waals surface area (Å²) in [4.78, 5) is 0. The van der Waals surface area contributed by atoms with Crippen molar-refractivity contribution in [3.8, 4) is 5.75 Å². The zero-order valence-corrected chi connectivity index (χ0v) is 14.5. The van der Waals surface area contributed by atoms with Crippen LogP contribution in [0.15, 0.2) is 72.8 Å². The Morgan fingerprint density at radius 3 is 2.33 bits per heavy atom. The van der Waals surface area contributed by atoms with Gasteiger partial charge in [-0.2, -0.15) is 0 Å². The van der Waals surface area contributed by atoms with Crippen LogP contribution < -0.4 is 10.1 Å². The summed E-state index contributed by atoms with van der Waals surface area (Å²) in [6, 6.07) is 23.4. The molecule has 2 nitrogen and oxygen atoms in total. The topological polar surface area (TPSA) is 21.3 Å². The highest BCUT2D eigenvalue weighted by Crippen LogP contribution is 2.22. The molecule has 3 aromatic rings. The van der Waals surface area contributed by atoms with Gasteiger partial charge in [-0.3, -0.25) is 0 Å². The zero-order chi connectivity index (χ0) is 16.8. The molecular weight excluding hydrogens is 341 g/mol. The number of anilines is 1. The molecule has 0 unspecified atom stereocenters. The minimum atomic E-state index is 0.498. The number of para-hydroxylation sites is 1. The highest BCUT2D eigenvalue weighted by molar-refractivity contribution is 6.33. The molecule has 0 aliphatic heterocycles. The number of hydrogen-bond acceptors (Lipinski definition) is 2. The van der Waals surface area contributed by atoms with E-state index in [9.17, 15) is 0 Å². The van der Waals surface area contributed by atoms with Crippen molar-refractivity contribution in [3.63, 3.8) is 0 Å². The van der Waals surface area contributed by atoms with Crippen molar-refractivity contribution in [2.75, 3.05) is 5.32 Å². The average molecular weight is 358 g/mol. The Hall–Kier alpha value is -2.16. The van der Waals surface area contributed by atoms with Crippen molar-refractivity contribution in [2.24, 2.45) is 0 Å². The van der Waals surface area contributed by atoms with Crippen LogP contribution in [0.5, 0.6) is 5.75 Å². The fourth-order valence-electron chi connectivity index (χ4n) is 2.30. The second-order valence-corrected chi connectivity index (χ2v) is 6.24.